The number of aromatic nitrogens is 1. The number of carbonyl (C=O) groups excluding carboxylic acids is 2. The number of nitriles is 1. The Kier molecular flexibility index (Phi) is 9.71. The first-order chi connectivity index (χ1) is 15.8. The Balaban J connectivity index is 0.00000408. The van der Waals surface area contributed by atoms with Gasteiger partial charge in [-0.3, -0.25) is 14.0 Å². The first-order valence-electron chi connectivity index (χ1n) is 10.0. The van der Waals surface area contributed by atoms with Crippen molar-refractivity contribution < 1.29 is 53.0 Å². The smallest absolute Gasteiger partial charge is 0.471 e. The summed E-state index contributed by atoms with van der Waals surface area (Å²) in [6.07, 6.45) is 1.31. The molecule has 3 aromatic rings. The number of carbonyl (C=O) groups is 2. The van der Waals surface area contributed by atoms with E-state index in [9.17, 15) is 24.0 Å². The molecule has 0 fully saturated rings. The average Bonchev–Trinajstić information content (AvgIpc) is 2.78. The quantitative estimate of drug-likeness (QED) is 0.278. The van der Waals surface area contributed by atoms with Gasteiger partial charge >= 0.3 is 35.5 Å². The molecule has 0 aliphatic rings. The van der Waals surface area contributed by atoms with Crippen molar-refractivity contribution in [2.45, 2.75) is 20.4 Å². The Morgan fingerprint density at radius 1 is 1.15 bits per heavy atom. The number of fused-ring (bicyclic) bond motifs is 1. The van der Waals surface area contributed by atoms with E-state index in [1.54, 1.807) is 48.7 Å². The summed E-state index contributed by atoms with van der Waals surface area (Å²) in [4.78, 5) is 37.5. The standard InChI is InChI=1S/C24H19ClFN2O5.Na/c1-3-32-23(30)18(11-27)16-10-21-17(9-20(16)26)22(29)19(24(31)33-4-2)13-28(21)12-14-5-7-15(25)8-6-14;/h5-10,13H,3-4,12H2,1-2H3;/q-1;+1. The fourth-order valence-corrected chi connectivity index (χ4v) is 3.42. The van der Waals surface area contributed by atoms with E-state index in [1.165, 1.54) is 12.3 Å². The molecule has 0 radical (unpaired) electrons. The third-order valence-electron chi connectivity index (χ3n) is 4.79. The molecule has 3 rings (SSSR count). The first kappa shape index (κ1) is 27.4. The molecular formula is C24H19ClFN2NaO5. The molecule has 34 heavy (non-hydrogen) atoms. The monoisotopic (exact) mass is 492 g/mol. The van der Waals surface area contributed by atoms with Crippen molar-refractivity contribution in [2.75, 3.05) is 13.2 Å². The number of nitrogens with zero attached hydrogens (tertiary/aromatic N) is 2. The van der Waals surface area contributed by atoms with Crippen molar-refractivity contribution in [1.29, 1.82) is 5.26 Å². The number of halogens is 2. The van der Waals surface area contributed by atoms with Crippen molar-refractivity contribution in [3.05, 3.63) is 86.3 Å². The minimum atomic E-state index is -0.979. The number of esters is 2. The summed E-state index contributed by atoms with van der Waals surface area (Å²) in [5.74, 6) is -3.32. The Hall–Kier alpha value is -2.83. The van der Waals surface area contributed by atoms with Gasteiger partial charge in [0.2, 0.25) is 5.43 Å². The van der Waals surface area contributed by atoms with Crippen LogP contribution in [0.3, 0.4) is 0 Å². The SMILES string of the molecule is CCOC(=O)c1cn(Cc2ccc(Cl)cc2)c2cc([C-](C#N)C(=O)OCC)c(F)cc2c1=O.[Na+]. The molecule has 0 atom stereocenters. The van der Waals surface area contributed by atoms with Crippen LogP contribution in [0, 0.1) is 23.1 Å². The predicted octanol–water partition coefficient (Wildman–Crippen LogP) is 1.03. The van der Waals surface area contributed by atoms with Gasteiger partial charge in [0, 0.05) is 41.0 Å². The molecule has 0 aliphatic heterocycles. The van der Waals surface area contributed by atoms with Crippen LogP contribution in [0.4, 0.5) is 4.39 Å². The van der Waals surface area contributed by atoms with Crippen molar-refractivity contribution in [3.63, 3.8) is 0 Å². The van der Waals surface area contributed by atoms with E-state index < -0.39 is 29.1 Å². The molecule has 1 aromatic heterocycles. The summed E-state index contributed by atoms with van der Waals surface area (Å²) in [5, 5.41) is 9.87. The zero-order valence-corrected chi connectivity index (χ0v) is 21.6. The van der Waals surface area contributed by atoms with Gasteiger partial charge in [-0.25, -0.2) is 10.1 Å². The second-order valence-electron chi connectivity index (χ2n) is 6.90. The van der Waals surface area contributed by atoms with E-state index >= 15 is 0 Å². The van der Waals surface area contributed by atoms with Gasteiger partial charge in [0.25, 0.3) is 5.97 Å². The molecule has 0 N–H and O–H groups in total. The maximum Gasteiger partial charge on any atom is 1.00 e. The Morgan fingerprint density at radius 2 is 1.79 bits per heavy atom. The molecule has 7 nitrogen and oxygen atoms in total. The topological polar surface area (TPSA) is 98.4 Å². The van der Waals surface area contributed by atoms with Crippen molar-refractivity contribution in [2.24, 2.45) is 0 Å². The van der Waals surface area contributed by atoms with Crippen LogP contribution in [0.5, 0.6) is 0 Å². The van der Waals surface area contributed by atoms with Gasteiger partial charge in [-0.2, -0.15) is 0 Å². The van der Waals surface area contributed by atoms with Gasteiger partial charge in [0.1, 0.15) is 5.56 Å². The maximum atomic E-state index is 15.0. The van der Waals surface area contributed by atoms with Gasteiger partial charge < -0.3 is 14.0 Å². The van der Waals surface area contributed by atoms with Gasteiger partial charge in [-0.15, -0.1) is 11.6 Å². The molecule has 0 saturated carbocycles. The van der Waals surface area contributed by atoms with Gasteiger partial charge in [-0.1, -0.05) is 29.8 Å². The third-order valence-corrected chi connectivity index (χ3v) is 5.04. The molecule has 2 aromatic carbocycles. The second kappa shape index (κ2) is 12.0. The van der Waals surface area contributed by atoms with E-state index in [4.69, 9.17) is 21.1 Å². The number of hydrogen-bond acceptors (Lipinski definition) is 6. The largest absolute Gasteiger partial charge is 1.00 e. The minimum absolute atomic E-state index is 0. The fraction of sp³-hybridized carbons (Fsp3) is 0.208. The summed E-state index contributed by atoms with van der Waals surface area (Å²) in [5.41, 5.74) is -0.302. The summed E-state index contributed by atoms with van der Waals surface area (Å²) in [7, 11) is 0. The van der Waals surface area contributed by atoms with E-state index in [-0.39, 0.29) is 71.3 Å². The molecule has 0 aliphatic carbocycles. The molecule has 0 spiro atoms. The fourth-order valence-electron chi connectivity index (χ4n) is 3.29. The second-order valence-corrected chi connectivity index (χ2v) is 7.34. The van der Waals surface area contributed by atoms with Crippen LogP contribution in [0.2, 0.25) is 5.02 Å². The van der Waals surface area contributed by atoms with Crippen LogP contribution < -0.4 is 35.0 Å². The zero-order chi connectivity index (χ0) is 24.1. The van der Waals surface area contributed by atoms with Crippen molar-refractivity contribution in [1.82, 2.24) is 4.57 Å². The third kappa shape index (κ3) is 5.80. The number of pyridine rings is 1. The normalized spacial score (nSPS) is 10.2. The summed E-state index contributed by atoms with van der Waals surface area (Å²) >= 11 is 5.95. The molecule has 170 valence electrons. The van der Waals surface area contributed by atoms with Gasteiger partial charge in [0.15, 0.2) is 0 Å². The Labute approximate surface area is 222 Å². The van der Waals surface area contributed by atoms with Crippen LogP contribution in [0.1, 0.15) is 35.3 Å². The first-order valence-corrected chi connectivity index (χ1v) is 10.4. The van der Waals surface area contributed by atoms with E-state index in [0.717, 1.165) is 11.6 Å². The average molecular weight is 493 g/mol. The number of hydrogen-bond donors (Lipinski definition) is 0. The van der Waals surface area contributed by atoms with Crippen molar-refractivity contribution in [3.8, 4) is 6.07 Å². The molecule has 0 amide bonds. The number of rotatable bonds is 7. The molecule has 0 saturated heterocycles. The van der Waals surface area contributed by atoms with Gasteiger partial charge in [-0.05, 0) is 37.1 Å². The molecule has 1 heterocycles. The molecule has 0 bridgehead atoms. The van der Waals surface area contributed by atoms with Crippen molar-refractivity contribution >= 4 is 34.4 Å². The molecule has 0 unspecified atom stereocenters. The van der Waals surface area contributed by atoms with Crippen LogP contribution in [0.15, 0.2) is 47.4 Å². The summed E-state index contributed by atoms with van der Waals surface area (Å²) in [6, 6.07) is 10.7. The van der Waals surface area contributed by atoms with E-state index in [2.05, 4.69) is 0 Å². The maximum absolute atomic E-state index is 15.0. The zero-order valence-electron chi connectivity index (χ0n) is 18.9. The predicted molar refractivity (Wildman–Crippen MR) is 119 cm³/mol. The summed E-state index contributed by atoms with van der Waals surface area (Å²) in [6.45, 7) is 3.41. The van der Waals surface area contributed by atoms with Crippen LogP contribution in [-0.4, -0.2) is 29.7 Å². The number of benzene rings is 2. The Morgan fingerprint density at radius 3 is 2.38 bits per heavy atom. The van der Waals surface area contributed by atoms with E-state index in [1.807, 2.05) is 0 Å². The van der Waals surface area contributed by atoms with Gasteiger partial charge in [0.05, 0.1) is 13.2 Å². The molecular weight excluding hydrogens is 474 g/mol. The van der Waals surface area contributed by atoms with Crippen LogP contribution in [-0.2, 0) is 20.8 Å². The Bertz CT molecular complexity index is 1320. The van der Waals surface area contributed by atoms with E-state index in [0.29, 0.717) is 5.02 Å². The minimum Gasteiger partial charge on any atom is -0.471 e. The number of ether oxygens (including phenoxy) is 2. The van der Waals surface area contributed by atoms with Crippen LogP contribution >= 0.6 is 11.6 Å². The van der Waals surface area contributed by atoms with Crippen LogP contribution in [0.25, 0.3) is 10.9 Å². The molecule has 10 heteroatoms. The summed E-state index contributed by atoms with van der Waals surface area (Å²) < 4.78 is 26.3.